The predicted molar refractivity (Wildman–Crippen MR) is 267 cm³/mol. The third-order valence-electron chi connectivity index (χ3n) is 11.4. The van der Waals surface area contributed by atoms with Gasteiger partial charge in [-0.1, -0.05) is 40.5 Å². The molecule has 0 radical (unpaired) electrons. The number of aliphatic imine (C=N–C) groups is 2. The molecule has 0 aliphatic carbocycles. The van der Waals surface area contributed by atoms with Crippen LogP contribution < -0.4 is 77.4 Å². The number of carbonyl (C=O) groups is 10. The number of rotatable bonds is 32. The van der Waals surface area contributed by atoms with E-state index >= 15 is 0 Å². The zero-order valence-electron chi connectivity index (χ0n) is 40.2. The van der Waals surface area contributed by atoms with E-state index in [1.807, 2.05) is 6.92 Å². The number of guanidine groups is 2. The highest BCUT2D eigenvalue weighted by Gasteiger charge is 2.40. The first kappa shape index (κ1) is 61.9. The third kappa shape index (κ3) is 21.7. The standard InChI is InChI=1S/C41H75N17O10S2/c1-5-20(3)30(57-38(67)31(21(4)6-2)56-32(61)22(42)18-69)37(66)53-24(11-8-14-50-41(47)48)34(63)54-25(16-28(43)59)35(64)55-26(19-70)39(68)58-15-9-12-27(58)36(65)52-23(10-7-13-49-40(45)46)33(62)51-17-29(44)60/h20-27,30-31,69-70H,5-19,42H2,1-4H3,(H2,43,59)(H2,44,60)(H,51,62)(H,52,65)(H,53,66)(H,54,63)(H,55,64)(H,56,61)(H,57,67)(H4,45,46,49)(H4,47,48,50)/t20-,21-,22-,23-,24-,25-,26-,27-,30-,31-/m0/s1. The quantitative estimate of drug-likeness (QED) is 0.0129. The minimum absolute atomic E-state index is 0.0128. The maximum atomic E-state index is 14.1. The summed E-state index contributed by atoms with van der Waals surface area (Å²) in [6.45, 7) is 6.72. The van der Waals surface area contributed by atoms with Crippen molar-refractivity contribution in [2.75, 3.05) is 37.7 Å². The molecule has 1 saturated heterocycles. The number of likely N-dealkylation sites (tertiary alicyclic amines) is 1. The van der Waals surface area contributed by atoms with Crippen LogP contribution in [0.4, 0.5) is 0 Å². The molecule has 0 aromatic rings. The second-order valence-electron chi connectivity index (χ2n) is 16.9. The molecule has 0 aromatic heterocycles. The average Bonchev–Trinajstić information content (AvgIpc) is 3.81. The molecule has 1 fully saturated rings. The highest BCUT2D eigenvalue weighted by atomic mass is 32.1. The Morgan fingerprint density at radius 2 is 1.07 bits per heavy atom. The van der Waals surface area contributed by atoms with Gasteiger partial charge in [0.05, 0.1) is 19.0 Å². The molecule has 27 nitrogen and oxygen atoms in total. The van der Waals surface area contributed by atoms with Gasteiger partial charge in [0.2, 0.25) is 59.1 Å². The van der Waals surface area contributed by atoms with Crippen LogP contribution in [0, 0.1) is 11.8 Å². The lowest BCUT2D eigenvalue weighted by Crippen LogP contribution is -2.62. The molecule has 1 aliphatic heterocycles. The van der Waals surface area contributed by atoms with E-state index in [9.17, 15) is 47.9 Å². The molecule has 29 heteroatoms. The van der Waals surface area contributed by atoms with Gasteiger partial charge in [0.25, 0.3) is 0 Å². The lowest BCUT2D eigenvalue weighted by atomic mass is 9.94. The number of hydrogen-bond acceptors (Lipinski definition) is 15. The number of hydrogen-bond donors (Lipinski definition) is 16. The molecule has 0 aromatic carbocycles. The topological polar surface area (TPSA) is 465 Å². The van der Waals surface area contributed by atoms with Crippen molar-refractivity contribution in [2.24, 2.45) is 62.0 Å². The van der Waals surface area contributed by atoms with E-state index in [1.54, 1.807) is 20.8 Å². The van der Waals surface area contributed by atoms with Crippen LogP contribution in [0.1, 0.15) is 85.5 Å². The smallest absolute Gasteiger partial charge is 0.246 e. The molecule has 10 amide bonds. The van der Waals surface area contributed by atoms with Gasteiger partial charge in [-0.15, -0.1) is 0 Å². The van der Waals surface area contributed by atoms with Gasteiger partial charge in [-0.3, -0.25) is 57.9 Å². The van der Waals surface area contributed by atoms with Crippen molar-refractivity contribution in [3.63, 3.8) is 0 Å². The van der Waals surface area contributed by atoms with Crippen LogP contribution in [0.2, 0.25) is 0 Å². The number of thiol groups is 2. The Kier molecular flexibility index (Phi) is 28.2. The number of amides is 10. The lowest BCUT2D eigenvalue weighted by molar-refractivity contribution is -0.142. The molecule has 396 valence electrons. The summed E-state index contributed by atoms with van der Waals surface area (Å²) >= 11 is 8.31. The van der Waals surface area contributed by atoms with Gasteiger partial charge in [0.1, 0.15) is 42.3 Å². The van der Waals surface area contributed by atoms with Crippen molar-refractivity contribution >= 4 is 96.2 Å². The fraction of sp³-hybridized carbons (Fsp3) is 0.707. The van der Waals surface area contributed by atoms with Crippen LogP contribution in [0.3, 0.4) is 0 Å². The molecule has 21 N–H and O–H groups in total. The summed E-state index contributed by atoms with van der Waals surface area (Å²) in [6.07, 6.45) is 0.915. The second-order valence-corrected chi connectivity index (χ2v) is 17.6. The van der Waals surface area contributed by atoms with Crippen molar-refractivity contribution in [1.29, 1.82) is 0 Å². The molecule has 70 heavy (non-hydrogen) atoms. The lowest BCUT2D eigenvalue weighted by Gasteiger charge is -2.31. The van der Waals surface area contributed by atoms with Crippen LogP contribution >= 0.6 is 25.3 Å². The van der Waals surface area contributed by atoms with Crippen molar-refractivity contribution in [2.45, 2.75) is 134 Å². The third-order valence-corrected chi connectivity index (χ3v) is 12.1. The van der Waals surface area contributed by atoms with Crippen LogP contribution in [0.5, 0.6) is 0 Å². The Balaban J connectivity index is 3.41. The van der Waals surface area contributed by atoms with E-state index in [1.165, 1.54) is 4.90 Å². The Hall–Kier alpha value is -6.10. The van der Waals surface area contributed by atoms with Crippen molar-refractivity contribution < 1.29 is 47.9 Å². The summed E-state index contributed by atoms with van der Waals surface area (Å²) in [7, 11) is 0. The number of nitrogens with one attached hydrogen (secondary N) is 7. The summed E-state index contributed by atoms with van der Waals surface area (Å²) in [5.74, 6) is -9.76. The van der Waals surface area contributed by atoms with Gasteiger partial charge in [-0.2, -0.15) is 25.3 Å². The number of nitrogens with zero attached hydrogens (tertiary/aromatic N) is 3. The van der Waals surface area contributed by atoms with Gasteiger partial charge in [-0.05, 0) is 50.4 Å². The zero-order chi connectivity index (χ0) is 53.2. The van der Waals surface area contributed by atoms with Gasteiger partial charge >= 0.3 is 0 Å². The summed E-state index contributed by atoms with van der Waals surface area (Å²) in [5.41, 5.74) is 38.2. The van der Waals surface area contributed by atoms with E-state index in [2.05, 4.69) is 72.5 Å². The van der Waals surface area contributed by atoms with Gasteiger partial charge in [0, 0.05) is 31.1 Å². The number of nitrogens with two attached hydrogens (primary N) is 7. The van der Waals surface area contributed by atoms with Gasteiger partial charge < -0.3 is 82.3 Å². The van der Waals surface area contributed by atoms with E-state index in [4.69, 9.17) is 40.1 Å². The van der Waals surface area contributed by atoms with Gasteiger partial charge in [0.15, 0.2) is 11.9 Å². The first-order chi connectivity index (χ1) is 32.9. The highest BCUT2D eigenvalue weighted by molar-refractivity contribution is 7.80. The molecule has 0 spiro atoms. The minimum atomic E-state index is -1.71. The van der Waals surface area contributed by atoms with Crippen molar-refractivity contribution in [3.8, 4) is 0 Å². The maximum Gasteiger partial charge on any atom is 0.246 e. The van der Waals surface area contributed by atoms with Crippen LogP contribution in [0.25, 0.3) is 0 Å². The average molecular weight is 1030 g/mol. The first-order valence-electron chi connectivity index (χ1n) is 23.0. The summed E-state index contributed by atoms with van der Waals surface area (Å²) < 4.78 is 0. The molecule has 0 saturated carbocycles. The van der Waals surface area contributed by atoms with E-state index in [-0.39, 0.29) is 81.1 Å². The van der Waals surface area contributed by atoms with Crippen LogP contribution in [-0.4, -0.2) is 162 Å². The molecule has 0 unspecified atom stereocenters. The Morgan fingerprint density at radius 3 is 1.54 bits per heavy atom. The molecular weight excluding hydrogens is 955 g/mol. The largest absolute Gasteiger partial charge is 0.370 e. The van der Waals surface area contributed by atoms with E-state index in [0.29, 0.717) is 19.3 Å². The van der Waals surface area contributed by atoms with Crippen LogP contribution in [0.15, 0.2) is 9.98 Å². The normalized spacial score (nSPS) is 17.0. The maximum absolute atomic E-state index is 14.1. The molecule has 1 heterocycles. The first-order valence-corrected chi connectivity index (χ1v) is 24.2. The molecule has 1 aliphatic rings. The Labute approximate surface area is 418 Å². The summed E-state index contributed by atoms with van der Waals surface area (Å²) in [5, 5.41) is 17.8. The molecular formula is C41H75N17O10S2. The van der Waals surface area contributed by atoms with Gasteiger partial charge in [-0.25, -0.2) is 0 Å². The second kappa shape index (κ2) is 31.9. The Morgan fingerprint density at radius 1 is 0.600 bits per heavy atom. The summed E-state index contributed by atoms with van der Waals surface area (Å²) in [6, 6.07) is -10.2. The SMILES string of the molecule is CC[C@H](C)[C@H](NC(=O)[C@@H](NC(=O)[C@@H](N)CS)[C@@H](C)CC)C(=O)N[C@@H](CCCN=C(N)N)C(=O)N[C@@H](CC(N)=O)C(=O)N[C@@H](CS)C(=O)N1CCC[C@H]1C(=O)N[C@@H](CCCN=C(N)N)C(=O)NCC(N)=O. The van der Waals surface area contributed by atoms with Crippen LogP contribution in [-0.2, 0) is 47.9 Å². The van der Waals surface area contributed by atoms with E-state index < -0.39 is 126 Å². The Bertz CT molecular complexity index is 1890. The molecule has 0 bridgehead atoms. The number of primary amides is 2. The number of carbonyl (C=O) groups excluding carboxylic acids is 10. The van der Waals surface area contributed by atoms with Crippen molar-refractivity contribution in [3.05, 3.63) is 0 Å². The molecule has 10 atom stereocenters. The fourth-order valence-corrected chi connectivity index (χ4v) is 7.42. The van der Waals surface area contributed by atoms with E-state index in [0.717, 1.165) is 0 Å². The molecule has 1 rings (SSSR count). The monoisotopic (exact) mass is 1030 g/mol. The van der Waals surface area contributed by atoms with Crippen molar-refractivity contribution in [1.82, 2.24) is 42.1 Å². The predicted octanol–water partition coefficient (Wildman–Crippen LogP) is -6.25. The highest BCUT2D eigenvalue weighted by Crippen LogP contribution is 2.20. The fourth-order valence-electron chi connectivity index (χ4n) is 7.01. The minimum Gasteiger partial charge on any atom is -0.370 e. The zero-order valence-corrected chi connectivity index (χ0v) is 42.0. The summed E-state index contributed by atoms with van der Waals surface area (Å²) in [4.78, 5) is 142.